The van der Waals surface area contributed by atoms with Gasteiger partial charge in [0.15, 0.2) is 0 Å². The molecule has 2 fully saturated rings. The van der Waals surface area contributed by atoms with Gasteiger partial charge in [-0.05, 0) is 76.0 Å². The first-order chi connectivity index (χ1) is 8.40. The Hall–Kier alpha value is -0.0800. The molecule has 0 aliphatic carbocycles. The zero-order valence-corrected chi connectivity index (χ0v) is 11.5. The van der Waals surface area contributed by atoms with Crippen molar-refractivity contribution in [2.24, 2.45) is 17.8 Å². The largest absolute Gasteiger partial charge is 0.317 e. The Morgan fingerprint density at radius 3 is 2.12 bits per heavy atom. The first-order valence-electron chi connectivity index (χ1n) is 7.81. The molecule has 2 heteroatoms. The zero-order chi connectivity index (χ0) is 11.9. The highest BCUT2D eigenvalue weighted by Gasteiger charge is 2.23. The number of piperidine rings is 2. The molecule has 2 aliphatic heterocycles. The molecule has 0 aromatic rings. The van der Waals surface area contributed by atoms with Gasteiger partial charge in [0.1, 0.15) is 0 Å². The normalized spacial score (nSPS) is 25.9. The monoisotopic (exact) mass is 238 g/mol. The highest BCUT2D eigenvalue weighted by Crippen LogP contribution is 2.31. The molecule has 0 aromatic carbocycles. The lowest BCUT2D eigenvalue weighted by molar-refractivity contribution is 0.217. The summed E-state index contributed by atoms with van der Waals surface area (Å²) < 4.78 is 0. The number of nitrogens with one attached hydrogen (secondary N) is 2. The van der Waals surface area contributed by atoms with Crippen LogP contribution < -0.4 is 10.6 Å². The van der Waals surface area contributed by atoms with E-state index in [4.69, 9.17) is 0 Å². The van der Waals surface area contributed by atoms with E-state index >= 15 is 0 Å². The Morgan fingerprint density at radius 2 is 1.53 bits per heavy atom. The maximum atomic E-state index is 3.49. The number of hydrogen-bond donors (Lipinski definition) is 2. The quantitative estimate of drug-likeness (QED) is 0.769. The average Bonchev–Trinajstić information content (AvgIpc) is 2.42. The van der Waals surface area contributed by atoms with Crippen molar-refractivity contribution in [2.75, 3.05) is 26.2 Å². The molecule has 2 nitrogen and oxygen atoms in total. The van der Waals surface area contributed by atoms with Crippen LogP contribution in [0.3, 0.4) is 0 Å². The fourth-order valence-electron chi connectivity index (χ4n) is 3.71. The molecular formula is C15H30N2. The van der Waals surface area contributed by atoms with Gasteiger partial charge in [0.05, 0.1) is 0 Å². The minimum absolute atomic E-state index is 1.01. The third-order valence-corrected chi connectivity index (χ3v) is 4.98. The Labute approximate surface area is 107 Å². The Kier molecular flexibility index (Phi) is 5.79. The lowest BCUT2D eigenvalue weighted by Gasteiger charge is -2.32. The molecule has 2 saturated heterocycles. The summed E-state index contributed by atoms with van der Waals surface area (Å²) in [5.41, 5.74) is 0. The molecule has 0 aromatic heterocycles. The van der Waals surface area contributed by atoms with Crippen molar-refractivity contribution in [2.45, 2.75) is 51.9 Å². The van der Waals surface area contributed by atoms with Crippen LogP contribution >= 0.6 is 0 Å². The van der Waals surface area contributed by atoms with Gasteiger partial charge in [-0.3, -0.25) is 0 Å². The van der Waals surface area contributed by atoms with Gasteiger partial charge >= 0.3 is 0 Å². The van der Waals surface area contributed by atoms with Crippen LogP contribution in [0.25, 0.3) is 0 Å². The minimum atomic E-state index is 1.01. The van der Waals surface area contributed by atoms with E-state index in [1.54, 1.807) is 0 Å². The Balaban J connectivity index is 1.70. The highest BCUT2D eigenvalue weighted by molar-refractivity contribution is 4.77. The van der Waals surface area contributed by atoms with Crippen LogP contribution in [0, 0.1) is 17.8 Å². The van der Waals surface area contributed by atoms with Gasteiger partial charge in [-0.15, -0.1) is 0 Å². The molecule has 17 heavy (non-hydrogen) atoms. The van der Waals surface area contributed by atoms with Crippen molar-refractivity contribution >= 4 is 0 Å². The Morgan fingerprint density at radius 1 is 0.941 bits per heavy atom. The topological polar surface area (TPSA) is 24.1 Å². The third-order valence-electron chi connectivity index (χ3n) is 4.98. The lowest BCUT2D eigenvalue weighted by Crippen LogP contribution is -2.32. The molecule has 2 rings (SSSR count). The van der Waals surface area contributed by atoms with Crippen LogP contribution in [-0.4, -0.2) is 26.2 Å². The number of hydrogen-bond acceptors (Lipinski definition) is 2. The molecule has 100 valence electrons. The molecule has 0 radical (unpaired) electrons. The fraction of sp³-hybridized carbons (Fsp3) is 1.00. The summed E-state index contributed by atoms with van der Waals surface area (Å²) in [7, 11) is 0. The maximum absolute atomic E-state index is 3.49. The minimum Gasteiger partial charge on any atom is -0.317 e. The maximum Gasteiger partial charge on any atom is -0.00462 e. The van der Waals surface area contributed by atoms with Gasteiger partial charge in [-0.25, -0.2) is 0 Å². The molecule has 0 spiro atoms. The zero-order valence-electron chi connectivity index (χ0n) is 11.5. The van der Waals surface area contributed by atoms with E-state index in [-0.39, 0.29) is 0 Å². The molecule has 1 atom stereocenters. The van der Waals surface area contributed by atoms with E-state index in [1.165, 1.54) is 71.1 Å². The van der Waals surface area contributed by atoms with Crippen molar-refractivity contribution in [3.05, 3.63) is 0 Å². The summed E-state index contributed by atoms with van der Waals surface area (Å²) in [6.07, 6.45) is 10.1. The van der Waals surface area contributed by atoms with E-state index < -0.39 is 0 Å². The standard InChI is InChI=1S/C15H30N2/c1-2-14(15-7-11-17-12-8-15)4-3-13-5-9-16-10-6-13/h13-17H,2-12H2,1H3. The Bertz CT molecular complexity index is 193. The summed E-state index contributed by atoms with van der Waals surface area (Å²) in [5, 5.41) is 6.96. The SMILES string of the molecule is CCC(CCC1CCNCC1)C1CCNCC1. The summed E-state index contributed by atoms with van der Waals surface area (Å²) in [6, 6.07) is 0. The molecule has 2 heterocycles. The van der Waals surface area contributed by atoms with E-state index in [1.807, 2.05) is 0 Å². The van der Waals surface area contributed by atoms with Crippen LogP contribution in [0.4, 0.5) is 0 Å². The van der Waals surface area contributed by atoms with Gasteiger partial charge in [0.25, 0.3) is 0 Å². The van der Waals surface area contributed by atoms with Crippen LogP contribution in [0.1, 0.15) is 51.9 Å². The second-order valence-corrected chi connectivity index (χ2v) is 6.03. The third kappa shape index (κ3) is 4.26. The van der Waals surface area contributed by atoms with Crippen LogP contribution in [0.2, 0.25) is 0 Å². The molecule has 0 saturated carbocycles. The molecule has 2 N–H and O–H groups in total. The summed E-state index contributed by atoms with van der Waals surface area (Å²) >= 11 is 0. The predicted octanol–water partition coefficient (Wildman–Crippen LogP) is 2.79. The first-order valence-corrected chi connectivity index (χ1v) is 7.81. The first kappa shape index (κ1) is 13.4. The molecule has 1 unspecified atom stereocenters. The van der Waals surface area contributed by atoms with Gasteiger partial charge in [0, 0.05) is 0 Å². The van der Waals surface area contributed by atoms with Crippen LogP contribution in [0.5, 0.6) is 0 Å². The highest BCUT2D eigenvalue weighted by atomic mass is 14.9. The lowest BCUT2D eigenvalue weighted by atomic mass is 9.78. The number of rotatable bonds is 5. The molecular weight excluding hydrogens is 208 g/mol. The van der Waals surface area contributed by atoms with E-state index in [0.29, 0.717) is 0 Å². The summed E-state index contributed by atoms with van der Waals surface area (Å²) in [6.45, 7) is 7.43. The van der Waals surface area contributed by atoms with Crippen molar-refractivity contribution < 1.29 is 0 Å². The smallest absolute Gasteiger partial charge is 0.00462 e. The van der Waals surface area contributed by atoms with E-state index in [2.05, 4.69) is 17.6 Å². The van der Waals surface area contributed by atoms with Crippen LogP contribution in [0.15, 0.2) is 0 Å². The van der Waals surface area contributed by atoms with E-state index in [9.17, 15) is 0 Å². The second-order valence-electron chi connectivity index (χ2n) is 6.03. The fourth-order valence-corrected chi connectivity index (χ4v) is 3.71. The van der Waals surface area contributed by atoms with Crippen molar-refractivity contribution in [1.29, 1.82) is 0 Å². The van der Waals surface area contributed by atoms with Crippen molar-refractivity contribution in [3.8, 4) is 0 Å². The molecule has 2 aliphatic rings. The molecule has 0 bridgehead atoms. The van der Waals surface area contributed by atoms with Gasteiger partial charge in [-0.2, -0.15) is 0 Å². The van der Waals surface area contributed by atoms with Crippen LogP contribution in [-0.2, 0) is 0 Å². The summed E-state index contributed by atoms with van der Waals surface area (Å²) in [5.74, 6) is 3.04. The molecule has 0 amide bonds. The van der Waals surface area contributed by atoms with Crippen molar-refractivity contribution in [1.82, 2.24) is 10.6 Å². The van der Waals surface area contributed by atoms with Gasteiger partial charge in [0.2, 0.25) is 0 Å². The average molecular weight is 238 g/mol. The van der Waals surface area contributed by atoms with Gasteiger partial charge in [-0.1, -0.05) is 19.8 Å². The second kappa shape index (κ2) is 7.38. The predicted molar refractivity (Wildman–Crippen MR) is 74.2 cm³/mol. The summed E-state index contributed by atoms with van der Waals surface area (Å²) in [4.78, 5) is 0. The van der Waals surface area contributed by atoms with E-state index in [0.717, 1.165) is 17.8 Å². The van der Waals surface area contributed by atoms with Crippen molar-refractivity contribution in [3.63, 3.8) is 0 Å². The van der Waals surface area contributed by atoms with Gasteiger partial charge < -0.3 is 10.6 Å².